The molecule has 187 valence electrons. The van der Waals surface area contributed by atoms with Gasteiger partial charge in [-0.15, -0.1) is 11.8 Å². The van der Waals surface area contributed by atoms with Crippen molar-refractivity contribution in [2.75, 3.05) is 12.9 Å². The summed E-state index contributed by atoms with van der Waals surface area (Å²) >= 11 is 1.48. The maximum Gasteiger partial charge on any atom is 0.254 e. The number of likely N-dealkylation sites (N-methyl/N-ethyl adjacent to an activating group) is 1. The van der Waals surface area contributed by atoms with Crippen LogP contribution >= 0.6 is 11.8 Å². The Labute approximate surface area is 223 Å². The summed E-state index contributed by atoms with van der Waals surface area (Å²) in [6.07, 6.45) is -1.25. The van der Waals surface area contributed by atoms with Crippen LogP contribution in [0.2, 0.25) is 0 Å². The molecule has 1 saturated heterocycles. The summed E-state index contributed by atoms with van der Waals surface area (Å²) in [7, 11) is 1.53. The molecule has 0 aliphatic carbocycles. The molecule has 3 amide bonds. The second-order valence-corrected chi connectivity index (χ2v) is 10.8. The number of nitrogens with one attached hydrogen (secondary N) is 2. The third-order valence-corrected chi connectivity index (χ3v) is 7.80. The molecule has 3 N–H and O–H groups in total. The zero-order chi connectivity index (χ0) is 25.0. The fraction of sp³-hybridized carbons (Fsp3) is 0.423. The van der Waals surface area contributed by atoms with Crippen LogP contribution in [0.3, 0.4) is 0 Å². The van der Waals surface area contributed by atoms with Gasteiger partial charge in [-0.05, 0) is 56.9 Å². The minimum atomic E-state index is -1.52. The molecule has 1 aliphatic heterocycles. The summed E-state index contributed by atoms with van der Waals surface area (Å²) in [6.45, 7) is 7.61. The van der Waals surface area contributed by atoms with E-state index in [1.807, 2.05) is 70.2 Å². The first kappa shape index (κ1) is 29.0. The van der Waals surface area contributed by atoms with Crippen LogP contribution in [0.5, 0.6) is 0 Å². The van der Waals surface area contributed by atoms with E-state index in [1.165, 1.54) is 23.7 Å². The molecule has 3 rings (SSSR count). The molecule has 0 spiro atoms. The topological polar surface area (TPSA) is 98.7 Å². The SMILES string of the molecule is CNC(=O)[C@H]1N(C(=O)[C@@H](O)[C@H](Cc2ccccc2)NC(=O)c2cccc(C)c2C)CSC1(C)C.[V]. The Morgan fingerprint density at radius 1 is 1.11 bits per heavy atom. The van der Waals surface area contributed by atoms with Crippen LogP contribution in [0.1, 0.15) is 40.9 Å². The summed E-state index contributed by atoms with van der Waals surface area (Å²) < 4.78 is -0.508. The van der Waals surface area contributed by atoms with Crippen LogP contribution in [-0.2, 0) is 34.6 Å². The van der Waals surface area contributed by atoms with E-state index < -0.39 is 28.8 Å². The van der Waals surface area contributed by atoms with Crippen molar-refractivity contribution >= 4 is 29.5 Å². The number of rotatable bonds is 7. The number of carbonyl (C=O) groups excluding carboxylic acids is 3. The van der Waals surface area contributed by atoms with Crippen LogP contribution < -0.4 is 10.6 Å². The van der Waals surface area contributed by atoms with Crippen molar-refractivity contribution in [3.63, 3.8) is 0 Å². The third-order valence-electron chi connectivity index (χ3n) is 6.42. The van der Waals surface area contributed by atoms with Gasteiger partial charge in [-0.1, -0.05) is 42.5 Å². The standard InChI is InChI=1S/C26H33N3O4S.V/c1-16-10-9-13-19(17(16)2)23(31)28-20(14-18-11-7-6-8-12-18)21(30)25(33)29-15-34-26(3,4)22(29)24(32)27-5;/h6-13,20-22,30H,14-15H2,1-5H3,(H,27,32)(H,28,31);/t20-,21-,22+;/m0./s1. The van der Waals surface area contributed by atoms with Crippen molar-refractivity contribution in [3.8, 4) is 0 Å². The number of amides is 3. The van der Waals surface area contributed by atoms with Crippen molar-refractivity contribution in [2.45, 2.75) is 57.1 Å². The number of carbonyl (C=O) groups is 3. The Morgan fingerprint density at radius 2 is 1.77 bits per heavy atom. The van der Waals surface area contributed by atoms with Gasteiger partial charge in [-0.3, -0.25) is 14.4 Å². The largest absolute Gasteiger partial charge is 0.381 e. The van der Waals surface area contributed by atoms with Crippen LogP contribution in [-0.4, -0.2) is 63.6 Å². The van der Waals surface area contributed by atoms with Gasteiger partial charge in [-0.2, -0.15) is 0 Å². The maximum absolute atomic E-state index is 13.5. The number of hydrogen-bond acceptors (Lipinski definition) is 5. The molecule has 3 atom stereocenters. The Bertz CT molecular complexity index is 1060. The first-order chi connectivity index (χ1) is 16.1. The van der Waals surface area contributed by atoms with E-state index in [2.05, 4.69) is 10.6 Å². The van der Waals surface area contributed by atoms with Gasteiger partial charge in [0.2, 0.25) is 5.91 Å². The van der Waals surface area contributed by atoms with Crippen molar-refractivity contribution in [2.24, 2.45) is 0 Å². The number of benzene rings is 2. The minimum Gasteiger partial charge on any atom is -0.381 e. The van der Waals surface area contributed by atoms with Crippen LogP contribution in [0.4, 0.5) is 0 Å². The van der Waals surface area contributed by atoms with Gasteiger partial charge >= 0.3 is 0 Å². The smallest absolute Gasteiger partial charge is 0.254 e. The molecule has 0 aromatic heterocycles. The Kier molecular flexibility index (Phi) is 10.0. The van der Waals surface area contributed by atoms with Crippen molar-refractivity contribution in [3.05, 3.63) is 70.8 Å². The number of aliphatic hydroxyl groups is 1. The Balaban J connectivity index is 0.00000432. The third kappa shape index (κ3) is 6.50. The molecule has 9 heteroatoms. The average molecular weight is 535 g/mol. The summed E-state index contributed by atoms with van der Waals surface area (Å²) in [5.74, 6) is -0.930. The molecule has 1 heterocycles. The molecular weight excluding hydrogens is 501 g/mol. The second-order valence-electron chi connectivity index (χ2n) is 9.16. The normalized spacial score (nSPS) is 18.2. The second kappa shape index (κ2) is 12.1. The van der Waals surface area contributed by atoms with Crippen LogP contribution in [0.25, 0.3) is 0 Å². The molecule has 0 bridgehead atoms. The number of aryl methyl sites for hydroxylation is 1. The van der Waals surface area contributed by atoms with E-state index in [4.69, 9.17) is 0 Å². The average Bonchev–Trinajstić information content (AvgIpc) is 3.14. The quantitative estimate of drug-likeness (QED) is 0.507. The van der Waals surface area contributed by atoms with Gasteiger partial charge in [-0.25, -0.2) is 0 Å². The zero-order valence-electron chi connectivity index (χ0n) is 20.7. The molecule has 1 fully saturated rings. The molecule has 1 radical (unpaired) electrons. The summed E-state index contributed by atoms with van der Waals surface area (Å²) in [5, 5.41) is 16.7. The predicted octanol–water partition coefficient (Wildman–Crippen LogP) is 2.43. The van der Waals surface area contributed by atoms with E-state index in [9.17, 15) is 19.5 Å². The van der Waals surface area contributed by atoms with Gasteiger partial charge in [0.25, 0.3) is 11.8 Å². The molecule has 0 unspecified atom stereocenters. The van der Waals surface area contributed by atoms with E-state index in [0.29, 0.717) is 5.56 Å². The number of hydrogen-bond donors (Lipinski definition) is 3. The molecule has 2 aromatic carbocycles. The van der Waals surface area contributed by atoms with Gasteiger partial charge in [0.15, 0.2) is 6.10 Å². The fourth-order valence-corrected chi connectivity index (χ4v) is 5.38. The molecule has 35 heavy (non-hydrogen) atoms. The maximum atomic E-state index is 13.5. The van der Waals surface area contributed by atoms with E-state index in [1.54, 1.807) is 6.07 Å². The number of aliphatic hydroxyl groups excluding tert-OH is 1. The fourth-order valence-electron chi connectivity index (χ4n) is 4.24. The van der Waals surface area contributed by atoms with E-state index in [-0.39, 0.29) is 42.7 Å². The summed E-state index contributed by atoms with van der Waals surface area (Å²) in [6, 6.07) is 13.3. The molecule has 2 aromatic rings. The predicted molar refractivity (Wildman–Crippen MR) is 135 cm³/mol. The minimum absolute atomic E-state index is 0. The summed E-state index contributed by atoms with van der Waals surface area (Å²) in [4.78, 5) is 40.6. The molecular formula is C26H33N3O4SV. The van der Waals surface area contributed by atoms with Gasteiger partial charge < -0.3 is 20.6 Å². The Hall–Kier alpha value is -2.26. The van der Waals surface area contributed by atoms with Crippen LogP contribution in [0, 0.1) is 13.8 Å². The van der Waals surface area contributed by atoms with Crippen LogP contribution in [0.15, 0.2) is 48.5 Å². The summed E-state index contributed by atoms with van der Waals surface area (Å²) in [5.41, 5.74) is 3.20. The monoisotopic (exact) mass is 534 g/mol. The Morgan fingerprint density at radius 3 is 2.40 bits per heavy atom. The number of thioether (sulfide) groups is 1. The first-order valence-electron chi connectivity index (χ1n) is 11.3. The van der Waals surface area contributed by atoms with Gasteiger partial charge in [0, 0.05) is 35.9 Å². The van der Waals surface area contributed by atoms with E-state index in [0.717, 1.165) is 16.7 Å². The van der Waals surface area contributed by atoms with Gasteiger partial charge in [0.1, 0.15) is 6.04 Å². The molecule has 0 saturated carbocycles. The first-order valence-corrected chi connectivity index (χ1v) is 12.3. The van der Waals surface area contributed by atoms with Crippen molar-refractivity contribution in [1.82, 2.24) is 15.5 Å². The molecule has 1 aliphatic rings. The number of nitrogens with zero attached hydrogens (tertiary/aromatic N) is 1. The molecule has 7 nitrogen and oxygen atoms in total. The van der Waals surface area contributed by atoms with E-state index >= 15 is 0 Å². The zero-order valence-corrected chi connectivity index (χ0v) is 23.0. The van der Waals surface area contributed by atoms with Crippen molar-refractivity contribution in [1.29, 1.82) is 0 Å². The van der Waals surface area contributed by atoms with Crippen molar-refractivity contribution < 1.29 is 38.0 Å². The van der Waals surface area contributed by atoms with Gasteiger partial charge in [0.05, 0.1) is 11.9 Å².